The molecular formula is C15H20N2. The van der Waals surface area contributed by atoms with Crippen LogP contribution >= 0.6 is 0 Å². The highest BCUT2D eigenvalue weighted by Crippen LogP contribution is 2.31. The molecule has 2 rings (SSSR count). The van der Waals surface area contributed by atoms with E-state index in [0.29, 0.717) is 6.04 Å². The van der Waals surface area contributed by atoms with E-state index in [1.807, 2.05) is 18.2 Å². The highest BCUT2D eigenvalue weighted by molar-refractivity contribution is 5.55. The molecule has 2 heteroatoms. The van der Waals surface area contributed by atoms with E-state index in [0.717, 1.165) is 17.2 Å². The van der Waals surface area contributed by atoms with Crippen molar-refractivity contribution in [1.29, 1.82) is 5.26 Å². The maximum atomic E-state index is 8.93. The zero-order valence-electron chi connectivity index (χ0n) is 10.7. The predicted molar refractivity (Wildman–Crippen MR) is 70.9 cm³/mol. The molecule has 1 aliphatic carbocycles. The lowest BCUT2D eigenvalue weighted by atomic mass is 9.99. The Hall–Kier alpha value is -1.49. The van der Waals surface area contributed by atoms with Gasteiger partial charge in [-0.25, -0.2) is 0 Å². The lowest BCUT2D eigenvalue weighted by Crippen LogP contribution is -2.23. The SMILES string of the molecule is CCC1CCCC1Nc1cc(C#N)ccc1C. The third kappa shape index (κ3) is 2.61. The van der Waals surface area contributed by atoms with Gasteiger partial charge in [0.2, 0.25) is 0 Å². The van der Waals surface area contributed by atoms with Crippen molar-refractivity contribution in [3.8, 4) is 6.07 Å². The van der Waals surface area contributed by atoms with E-state index in [9.17, 15) is 0 Å². The van der Waals surface area contributed by atoms with Crippen LogP contribution in [-0.2, 0) is 0 Å². The zero-order valence-corrected chi connectivity index (χ0v) is 10.7. The molecule has 1 fully saturated rings. The average molecular weight is 228 g/mol. The maximum absolute atomic E-state index is 8.93. The van der Waals surface area contributed by atoms with Gasteiger partial charge in [-0.1, -0.05) is 25.8 Å². The quantitative estimate of drug-likeness (QED) is 0.852. The van der Waals surface area contributed by atoms with E-state index in [2.05, 4.69) is 25.2 Å². The Labute approximate surface area is 104 Å². The Morgan fingerprint density at radius 3 is 2.94 bits per heavy atom. The molecule has 0 heterocycles. The third-order valence-electron chi connectivity index (χ3n) is 3.89. The van der Waals surface area contributed by atoms with Crippen molar-refractivity contribution < 1.29 is 0 Å². The summed E-state index contributed by atoms with van der Waals surface area (Å²) in [5.41, 5.74) is 3.10. The lowest BCUT2D eigenvalue weighted by molar-refractivity contribution is 0.489. The summed E-state index contributed by atoms with van der Waals surface area (Å²) in [6.45, 7) is 4.36. The van der Waals surface area contributed by atoms with Crippen LogP contribution in [0, 0.1) is 24.2 Å². The molecule has 0 aromatic heterocycles. The Kier molecular flexibility index (Phi) is 3.68. The molecule has 1 saturated carbocycles. The van der Waals surface area contributed by atoms with Gasteiger partial charge in [0.25, 0.3) is 0 Å². The van der Waals surface area contributed by atoms with Crippen LogP contribution in [0.5, 0.6) is 0 Å². The van der Waals surface area contributed by atoms with E-state index >= 15 is 0 Å². The van der Waals surface area contributed by atoms with Crippen LogP contribution in [0.1, 0.15) is 43.7 Å². The van der Waals surface area contributed by atoms with E-state index in [4.69, 9.17) is 5.26 Å². The van der Waals surface area contributed by atoms with Crippen LogP contribution in [0.15, 0.2) is 18.2 Å². The van der Waals surface area contributed by atoms with Crippen molar-refractivity contribution >= 4 is 5.69 Å². The molecule has 1 N–H and O–H groups in total. The van der Waals surface area contributed by atoms with E-state index in [1.165, 1.54) is 31.2 Å². The van der Waals surface area contributed by atoms with E-state index < -0.39 is 0 Å². The smallest absolute Gasteiger partial charge is 0.0992 e. The fourth-order valence-corrected chi connectivity index (χ4v) is 2.76. The van der Waals surface area contributed by atoms with Gasteiger partial charge in [0.05, 0.1) is 11.6 Å². The monoisotopic (exact) mass is 228 g/mol. The van der Waals surface area contributed by atoms with Gasteiger partial charge in [-0.05, 0) is 43.4 Å². The normalized spacial score (nSPS) is 23.4. The molecule has 1 aliphatic rings. The van der Waals surface area contributed by atoms with Gasteiger partial charge in [0.1, 0.15) is 0 Å². The molecule has 0 spiro atoms. The summed E-state index contributed by atoms with van der Waals surface area (Å²) in [5.74, 6) is 0.792. The number of aryl methyl sites for hydroxylation is 1. The van der Waals surface area contributed by atoms with Crippen molar-refractivity contribution in [2.45, 2.75) is 45.6 Å². The Morgan fingerprint density at radius 2 is 2.24 bits per heavy atom. The van der Waals surface area contributed by atoms with Crippen molar-refractivity contribution in [1.82, 2.24) is 0 Å². The molecule has 0 aliphatic heterocycles. The molecule has 2 atom stereocenters. The van der Waals surface area contributed by atoms with Crippen LogP contribution in [-0.4, -0.2) is 6.04 Å². The number of rotatable bonds is 3. The minimum absolute atomic E-state index is 0.590. The summed E-state index contributed by atoms with van der Waals surface area (Å²) in [7, 11) is 0. The van der Waals surface area contributed by atoms with Gasteiger partial charge in [-0.3, -0.25) is 0 Å². The van der Waals surface area contributed by atoms with Crippen molar-refractivity contribution in [2.24, 2.45) is 5.92 Å². The van der Waals surface area contributed by atoms with Crippen LogP contribution in [0.25, 0.3) is 0 Å². The third-order valence-corrected chi connectivity index (χ3v) is 3.89. The molecule has 0 amide bonds. The highest BCUT2D eigenvalue weighted by atomic mass is 14.9. The fourth-order valence-electron chi connectivity index (χ4n) is 2.76. The number of nitrogens with zero attached hydrogens (tertiary/aromatic N) is 1. The Morgan fingerprint density at radius 1 is 1.41 bits per heavy atom. The van der Waals surface area contributed by atoms with Gasteiger partial charge in [-0.15, -0.1) is 0 Å². The molecule has 17 heavy (non-hydrogen) atoms. The van der Waals surface area contributed by atoms with Gasteiger partial charge in [0.15, 0.2) is 0 Å². The van der Waals surface area contributed by atoms with Crippen molar-refractivity contribution in [2.75, 3.05) is 5.32 Å². The fraction of sp³-hybridized carbons (Fsp3) is 0.533. The van der Waals surface area contributed by atoms with Crippen LogP contribution in [0.2, 0.25) is 0 Å². The van der Waals surface area contributed by atoms with Gasteiger partial charge >= 0.3 is 0 Å². The summed E-state index contributed by atoms with van der Waals surface area (Å²) in [6, 6.07) is 8.67. The number of hydrogen-bond acceptors (Lipinski definition) is 2. The first-order valence-corrected chi connectivity index (χ1v) is 6.52. The Balaban J connectivity index is 2.15. The molecule has 1 aromatic rings. The predicted octanol–water partition coefficient (Wildman–Crippen LogP) is 3.86. The van der Waals surface area contributed by atoms with Gasteiger partial charge < -0.3 is 5.32 Å². The van der Waals surface area contributed by atoms with E-state index in [-0.39, 0.29) is 0 Å². The first kappa shape index (κ1) is 12.0. The zero-order chi connectivity index (χ0) is 12.3. The number of nitriles is 1. The minimum Gasteiger partial charge on any atom is -0.382 e. The molecule has 90 valence electrons. The number of anilines is 1. The van der Waals surface area contributed by atoms with Crippen molar-refractivity contribution in [3.05, 3.63) is 29.3 Å². The van der Waals surface area contributed by atoms with Crippen LogP contribution < -0.4 is 5.32 Å². The highest BCUT2D eigenvalue weighted by Gasteiger charge is 2.25. The molecule has 0 radical (unpaired) electrons. The summed E-state index contributed by atoms with van der Waals surface area (Å²) < 4.78 is 0. The molecule has 0 saturated heterocycles. The van der Waals surface area contributed by atoms with Crippen LogP contribution in [0.3, 0.4) is 0 Å². The first-order chi connectivity index (χ1) is 8.24. The maximum Gasteiger partial charge on any atom is 0.0992 e. The van der Waals surface area contributed by atoms with Crippen LogP contribution in [0.4, 0.5) is 5.69 Å². The summed E-state index contributed by atoms with van der Waals surface area (Å²) in [6.07, 6.45) is 5.17. The summed E-state index contributed by atoms with van der Waals surface area (Å²) in [4.78, 5) is 0. The molecule has 2 unspecified atom stereocenters. The number of benzene rings is 1. The first-order valence-electron chi connectivity index (χ1n) is 6.52. The molecular weight excluding hydrogens is 208 g/mol. The van der Waals surface area contributed by atoms with Gasteiger partial charge in [0, 0.05) is 11.7 Å². The number of hydrogen-bond donors (Lipinski definition) is 1. The minimum atomic E-state index is 0.590. The van der Waals surface area contributed by atoms with Gasteiger partial charge in [-0.2, -0.15) is 5.26 Å². The molecule has 2 nitrogen and oxygen atoms in total. The average Bonchev–Trinajstić information content (AvgIpc) is 2.79. The standard InChI is InChI=1S/C15H20N2/c1-3-13-5-4-6-14(13)17-15-9-12(10-16)8-7-11(15)2/h7-9,13-14,17H,3-6H2,1-2H3. The second-order valence-corrected chi connectivity index (χ2v) is 4.99. The summed E-state index contributed by atoms with van der Waals surface area (Å²) in [5, 5.41) is 12.6. The van der Waals surface area contributed by atoms with Crippen molar-refractivity contribution in [3.63, 3.8) is 0 Å². The Bertz CT molecular complexity index is 431. The lowest BCUT2D eigenvalue weighted by Gasteiger charge is -2.22. The molecule has 1 aromatic carbocycles. The summed E-state index contributed by atoms with van der Waals surface area (Å²) >= 11 is 0. The largest absolute Gasteiger partial charge is 0.382 e. The van der Waals surface area contributed by atoms with E-state index in [1.54, 1.807) is 0 Å². The second kappa shape index (κ2) is 5.23. The topological polar surface area (TPSA) is 35.8 Å². The number of nitrogens with one attached hydrogen (secondary N) is 1. The second-order valence-electron chi connectivity index (χ2n) is 4.99. The molecule has 0 bridgehead atoms.